The van der Waals surface area contributed by atoms with Crippen molar-refractivity contribution in [1.82, 2.24) is 18.8 Å². The number of imidazole rings is 2. The van der Waals surface area contributed by atoms with Crippen molar-refractivity contribution in [2.75, 3.05) is 21.3 Å². The molecule has 4 N–H and O–H groups in total. The maximum absolute atomic E-state index is 13.5. The lowest BCUT2D eigenvalue weighted by molar-refractivity contribution is 0.101. The van der Waals surface area contributed by atoms with Crippen molar-refractivity contribution in [3.05, 3.63) is 162 Å². The van der Waals surface area contributed by atoms with E-state index in [1.807, 2.05) is 0 Å². The van der Waals surface area contributed by atoms with Gasteiger partial charge in [-0.25, -0.2) is 18.7 Å². The summed E-state index contributed by atoms with van der Waals surface area (Å²) < 4.78 is 28.3. The van der Waals surface area contributed by atoms with Crippen LogP contribution in [-0.4, -0.2) is 42.4 Å². The van der Waals surface area contributed by atoms with E-state index in [4.69, 9.17) is 23.2 Å². The third kappa shape index (κ3) is 6.81. The summed E-state index contributed by atoms with van der Waals surface area (Å²) in [4.78, 5) is 86.8. The summed E-state index contributed by atoms with van der Waals surface area (Å²) in [5.41, 5.74) is -2.04. The molecule has 54 heavy (non-hydrogen) atoms. The van der Waals surface area contributed by atoms with Gasteiger partial charge in [0.25, 0.3) is 34.7 Å². The number of nitrogens with zero attached hydrogens (tertiary/aromatic N) is 4. The van der Waals surface area contributed by atoms with Gasteiger partial charge < -0.3 is 21.3 Å². The highest BCUT2D eigenvalue weighted by Gasteiger charge is 2.25. The van der Waals surface area contributed by atoms with Gasteiger partial charge >= 0.3 is 0 Å². The number of aromatic nitrogens is 4. The molecule has 3 heterocycles. The Morgan fingerprint density at radius 1 is 0.519 bits per heavy atom. The van der Waals surface area contributed by atoms with Crippen LogP contribution in [0.4, 0.5) is 31.5 Å². The molecule has 7 aromatic rings. The molecule has 0 unspecified atom stereocenters. The van der Waals surface area contributed by atoms with Crippen molar-refractivity contribution >= 4 is 80.6 Å². The van der Waals surface area contributed by atoms with Crippen molar-refractivity contribution < 1.29 is 28.0 Å². The summed E-state index contributed by atoms with van der Waals surface area (Å²) >= 11 is 11.9. The molecule has 0 aliphatic heterocycles. The number of hydrogen-bond donors (Lipinski definition) is 4. The maximum Gasteiger partial charge on any atom is 0.283 e. The first kappa shape index (κ1) is 35.4. The van der Waals surface area contributed by atoms with Gasteiger partial charge in [-0.1, -0.05) is 23.2 Å². The third-order valence-corrected chi connectivity index (χ3v) is 8.60. The lowest BCUT2D eigenvalue weighted by Crippen LogP contribution is -2.28. The van der Waals surface area contributed by atoms with Gasteiger partial charge in [-0.3, -0.25) is 37.6 Å². The number of anilines is 4. The molecule has 0 spiro atoms. The van der Waals surface area contributed by atoms with Gasteiger partial charge in [-0.2, -0.15) is 0 Å². The van der Waals surface area contributed by atoms with Gasteiger partial charge in [-0.05, 0) is 84.9 Å². The number of carbonyl (C=O) groups is 4. The lowest BCUT2D eigenvalue weighted by atomic mass is 10.2. The zero-order valence-corrected chi connectivity index (χ0v) is 28.5. The average molecular weight is 770 g/mol. The van der Waals surface area contributed by atoms with Crippen LogP contribution >= 0.6 is 23.2 Å². The fraction of sp³-hybridized carbons (Fsp3) is 0. The lowest BCUT2D eigenvalue weighted by Gasteiger charge is -2.09. The van der Waals surface area contributed by atoms with Crippen molar-refractivity contribution in [2.45, 2.75) is 0 Å². The van der Waals surface area contributed by atoms with E-state index >= 15 is 0 Å². The zero-order chi connectivity index (χ0) is 38.3. The number of rotatable bonds is 8. The van der Waals surface area contributed by atoms with Crippen LogP contribution in [-0.2, 0) is 0 Å². The monoisotopic (exact) mass is 768 g/mol. The molecule has 268 valence electrons. The Kier molecular flexibility index (Phi) is 9.28. The standard InChI is InChI=1S/C36H20Cl2F2N8O6/c37-23-13-19(39)5-11-25(23)45-31(49)17-1-7-21(8-2-17)43-33(51)27-29-35(53)48-16-42-28(30(48)36(54)47(29)15-41-27)34(52)44-22-9-3-18(4-10-22)32(50)46-26-12-6-20(40)14-24(26)38/h1-16H,(H,43,51)(H,44,52)(H,45,49)(H,46,50). The molecular formula is C36H20Cl2F2N8O6. The number of nitrogens with one attached hydrogen (secondary N) is 4. The molecule has 0 atom stereocenters. The summed E-state index contributed by atoms with van der Waals surface area (Å²) in [7, 11) is 0. The minimum atomic E-state index is -0.859. The van der Waals surface area contributed by atoms with E-state index in [1.165, 1.54) is 60.7 Å². The van der Waals surface area contributed by atoms with E-state index in [0.29, 0.717) is 0 Å². The van der Waals surface area contributed by atoms with E-state index in [1.54, 1.807) is 0 Å². The van der Waals surface area contributed by atoms with E-state index in [0.717, 1.165) is 45.7 Å². The van der Waals surface area contributed by atoms with Crippen LogP contribution in [0, 0.1) is 11.6 Å². The topological polar surface area (TPSA) is 185 Å². The highest BCUT2D eigenvalue weighted by atomic mass is 35.5. The highest BCUT2D eigenvalue weighted by molar-refractivity contribution is 6.34. The predicted molar refractivity (Wildman–Crippen MR) is 195 cm³/mol. The highest BCUT2D eigenvalue weighted by Crippen LogP contribution is 2.25. The second-order valence-electron chi connectivity index (χ2n) is 11.5. The molecule has 4 aromatic carbocycles. The maximum atomic E-state index is 13.5. The van der Waals surface area contributed by atoms with E-state index in [2.05, 4.69) is 31.2 Å². The quantitative estimate of drug-likeness (QED) is 0.151. The average Bonchev–Trinajstić information content (AvgIpc) is 3.80. The molecule has 0 bridgehead atoms. The molecule has 0 aliphatic carbocycles. The van der Waals surface area contributed by atoms with Crippen LogP contribution in [0.25, 0.3) is 11.0 Å². The minimum absolute atomic E-state index is 0.00839. The first-order chi connectivity index (χ1) is 25.9. The smallest absolute Gasteiger partial charge is 0.283 e. The normalized spacial score (nSPS) is 11.0. The molecule has 18 heteroatoms. The largest absolute Gasteiger partial charge is 0.321 e. The Morgan fingerprint density at radius 3 is 1.24 bits per heavy atom. The zero-order valence-electron chi connectivity index (χ0n) is 27.0. The predicted octanol–water partition coefficient (Wildman–Crippen LogP) is 5.73. The van der Waals surface area contributed by atoms with Crippen molar-refractivity contribution in [1.29, 1.82) is 0 Å². The first-order valence-corrected chi connectivity index (χ1v) is 16.2. The summed E-state index contributed by atoms with van der Waals surface area (Å²) in [6.45, 7) is 0. The summed E-state index contributed by atoms with van der Waals surface area (Å²) in [5, 5.41) is 10.2. The van der Waals surface area contributed by atoms with Crippen LogP contribution in [0.3, 0.4) is 0 Å². The number of carbonyl (C=O) groups excluding carboxylic acids is 4. The van der Waals surface area contributed by atoms with Gasteiger partial charge in [0.1, 0.15) is 35.3 Å². The van der Waals surface area contributed by atoms with Crippen LogP contribution < -0.4 is 32.4 Å². The molecule has 0 fully saturated rings. The number of hydrogen-bond acceptors (Lipinski definition) is 8. The molecule has 0 saturated carbocycles. The van der Waals surface area contributed by atoms with E-state index in [9.17, 15) is 37.5 Å². The van der Waals surface area contributed by atoms with Crippen LogP contribution in [0.1, 0.15) is 41.7 Å². The Balaban J connectivity index is 1.06. The van der Waals surface area contributed by atoms with Gasteiger partial charge in [0, 0.05) is 22.5 Å². The second kappa shape index (κ2) is 14.2. The molecular weight excluding hydrogens is 749 g/mol. The Hall–Kier alpha value is -7.04. The second-order valence-corrected chi connectivity index (χ2v) is 12.3. The fourth-order valence-corrected chi connectivity index (χ4v) is 5.76. The number of benzene rings is 4. The van der Waals surface area contributed by atoms with E-state index in [-0.39, 0.29) is 55.0 Å². The number of amides is 4. The van der Waals surface area contributed by atoms with Crippen LogP contribution in [0.15, 0.2) is 107 Å². The van der Waals surface area contributed by atoms with Gasteiger partial charge in [0.05, 0.1) is 21.4 Å². The summed E-state index contributed by atoms with van der Waals surface area (Å²) in [6.07, 6.45) is 1.94. The number of fused-ring (bicyclic) bond motifs is 2. The molecule has 7 rings (SSSR count). The fourth-order valence-electron chi connectivity index (χ4n) is 5.34. The third-order valence-electron chi connectivity index (χ3n) is 7.98. The van der Waals surface area contributed by atoms with Crippen molar-refractivity contribution in [3.63, 3.8) is 0 Å². The Labute approximate surface area is 310 Å². The van der Waals surface area contributed by atoms with Gasteiger partial charge in [0.15, 0.2) is 11.4 Å². The minimum Gasteiger partial charge on any atom is -0.321 e. The van der Waals surface area contributed by atoms with Crippen LogP contribution in [0.5, 0.6) is 0 Å². The van der Waals surface area contributed by atoms with Gasteiger partial charge in [-0.15, -0.1) is 0 Å². The SMILES string of the molecule is O=C(Nc1ccc(F)cc1Cl)c1ccc(NC(=O)c2ncn3c(=O)c4c(C(=O)Nc5ccc(C(=O)Nc6ccc(F)cc6Cl)cc5)ncn4c(=O)c23)cc1. The van der Waals surface area contributed by atoms with Crippen LogP contribution in [0.2, 0.25) is 10.0 Å². The molecule has 0 aliphatic rings. The molecule has 14 nitrogen and oxygen atoms in total. The number of halogens is 4. The molecule has 0 saturated heterocycles. The van der Waals surface area contributed by atoms with Crippen molar-refractivity contribution in [3.8, 4) is 0 Å². The molecule has 4 amide bonds. The summed E-state index contributed by atoms with van der Waals surface area (Å²) in [6, 6.07) is 18.3. The first-order valence-electron chi connectivity index (χ1n) is 15.5. The molecule has 3 aromatic heterocycles. The summed E-state index contributed by atoms with van der Waals surface area (Å²) in [5.74, 6) is -3.93. The van der Waals surface area contributed by atoms with E-state index < -0.39 is 57.8 Å². The van der Waals surface area contributed by atoms with Gasteiger partial charge in [0.2, 0.25) is 0 Å². The Morgan fingerprint density at radius 2 is 0.889 bits per heavy atom. The Bertz CT molecular complexity index is 2600. The van der Waals surface area contributed by atoms with Crippen molar-refractivity contribution in [2.24, 2.45) is 0 Å². The molecule has 0 radical (unpaired) electrons.